The van der Waals surface area contributed by atoms with Gasteiger partial charge in [0.2, 0.25) is 12.7 Å². The number of imidazole rings is 1. The van der Waals surface area contributed by atoms with Crippen molar-refractivity contribution in [1.29, 1.82) is 0 Å². The summed E-state index contributed by atoms with van der Waals surface area (Å²) in [6.45, 7) is 2.43. The number of amides is 1. The molecule has 0 spiro atoms. The van der Waals surface area contributed by atoms with Crippen LogP contribution in [0, 0.1) is 0 Å². The average Bonchev–Trinajstić information content (AvgIpc) is 3.18. The molecule has 3 aromatic rings. The molecule has 25 heavy (non-hydrogen) atoms. The number of ether oxygens (including phenoxy) is 2. The summed E-state index contributed by atoms with van der Waals surface area (Å²) in [7, 11) is 0. The Morgan fingerprint density at radius 2 is 2.08 bits per heavy atom. The van der Waals surface area contributed by atoms with Crippen molar-refractivity contribution in [2.24, 2.45) is 0 Å². The number of nitrogens with one attached hydrogen (secondary N) is 1. The molecule has 0 unspecified atom stereocenters. The molecule has 128 valence electrons. The van der Waals surface area contributed by atoms with E-state index in [9.17, 15) is 9.59 Å². The number of rotatable bonds is 4. The lowest BCUT2D eigenvalue weighted by molar-refractivity contribution is -0.116. The number of nitrogens with zero attached hydrogens (tertiary/aromatic N) is 3. The van der Waals surface area contributed by atoms with Crippen LogP contribution in [0.2, 0.25) is 0 Å². The minimum atomic E-state index is -0.306. The van der Waals surface area contributed by atoms with E-state index >= 15 is 0 Å². The van der Waals surface area contributed by atoms with Crippen molar-refractivity contribution < 1.29 is 14.3 Å². The summed E-state index contributed by atoms with van der Waals surface area (Å²) >= 11 is 0. The van der Waals surface area contributed by atoms with Crippen molar-refractivity contribution in [3.63, 3.8) is 0 Å². The highest BCUT2D eigenvalue weighted by molar-refractivity contribution is 5.91. The fourth-order valence-electron chi connectivity index (χ4n) is 2.90. The number of benzene rings is 1. The zero-order valence-electron chi connectivity index (χ0n) is 13.6. The fourth-order valence-corrected chi connectivity index (χ4v) is 2.90. The Morgan fingerprint density at radius 3 is 2.92 bits per heavy atom. The molecular weight excluding hydrogens is 324 g/mol. The molecular formula is C17H16N4O4. The predicted molar refractivity (Wildman–Crippen MR) is 90.9 cm³/mol. The van der Waals surface area contributed by atoms with Gasteiger partial charge in [-0.1, -0.05) is 0 Å². The summed E-state index contributed by atoms with van der Waals surface area (Å²) in [4.78, 5) is 29.2. The quantitative estimate of drug-likeness (QED) is 0.779. The van der Waals surface area contributed by atoms with Crippen LogP contribution in [0.25, 0.3) is 11.2 Å². The van der Waals surface area contributed by atoms with Crippen molar-refractivity contribution in [1.82, 2.24) is 14.1 Å². The van der Waals surface area contributed by atoms with E-state index in [0.717, 1.165) is 0 Å². The number of carbonyl (C=O) groups excluding carboxylic acids is 1. The molecule has 2 aromatic heterocycles. The number of fused-ring (bicyclic) bond motifs is 2. The van der Waals surface area contributed by atoms with Gasteiger partial charge in [0.1, 0.15) is 6.54 Å². The molecule has 0 saturated carbocycles. The van der Waals surface area contributed by atoms with Gasteiger partial charge >= 0.3 is 5.69 Å². The first-order valence-electron chi connectivity index (χ1n) is 7.91. The summed E-state index contributed by atoms with van der Waals surface area (Å²) in [5, 5.41) is 2.78. The van der Waals surface area contributed by atoms with Crippen LogP contribution in [-0.4, -0.2) is 26.8 Å². The van der Waals surface area contributed by atoms with Crippen molar-refractivity contribution in [2.75, 3.05) is 12.1 Å². The third-order valence-corrected chi connectivity index (χ3v) is 4.05. The van der Waals surface area contributed by atoms with Crippen molar-refractivity contribution in [2.45, 2.75) is 20.0 Å². The predicted octanol–water partition coefficient (Wildman–Crippen LogP) is 1.59. The van der Waals surface area contributed by atoms with Crippen LogP contribution in [0.1, 0.15) is 6.92 Å². The second-order valence-electron chi connectivity index (χ2n) is 5.58. The van der Waals surface area contributed by atoms with Gasteiger partial charge in [-0.25, -0.2) is 9.78 Å². The van der Waals surface area contributed by atoms with Gasteiger partial charge in [0, 0.05) is 24.5 Å². The van der Waals surface area contributed by atoms with Gasteiger partial charge in [-0.15, -0.1) is 0 Å². The molecule has 8 heteroatoms. The van der Waals surface area contributed by atoms with E-state index in [1.165, 1.54) is 4.57 Å². The second kappa shape index (κ2) is 5.97. The molecule has 1 N–H and O–H groups in total. The molecule has 1 amide bonds. The van der Waals surface area contributed by atoms with Crippen LogP contribution >= 0.6 is 0 Å². The summed E-state index contributed by atoms with van der Waals surface area (Å²) in [5.41, 5.74) is 1.54. The molecule has 3 heterocycles. The smallest absolute Gasteiger partial charge is 0.330 e. The number of pyridine rings is 1. The second-order valence-corrected chi connectivity index (χ2v) is 5.58. The van der Waals surface area contributed by atoms with E-state index in [-0.39, 0.29) is 24.9 Å². The molecule has 1 aliphatic heterocycles. The van der Waals surface area contributed by atoms with E-state index < -0.39 is 0 Å². The summed E-state index contributed by atoms with van der Waals surface area (Å²) in [6.07, 6.45) is 1.63. The lowest BCUT2D eigenvalue weighted by Gasteiger charge is -2.07. The maximum absolute atomic E-state index is 12.5. The Kier molecular flexibility index (Phi) is 3.64. The van der Waals surface area contributed by atoms with E-state index in [2.05, 4.69) is 10.3 Å². The van der Waals surface area contributed by atoms with Crippen LogP contribution in [-0.2, 0) is 17.9 Å². The molecule has 0 saturated heterocycles. The molecule has 0 fully saturated rings. The molecule has 1 aliphatic rings. The number of aryl methyl sites for hydroxylation is 1. The Balaban J connectivity index is 1.60. The van der Waals surface area contributed by atoms with Crippen LogP contribution in [0.15, 0.2) is 41.3 Å². The first-order valence-corrected chi connectivity index (χ1v) is 7.91. The lowest BCUT2D eigenvalue weighted by atomic mass is 10.3. The highest BCUT2D eigenvalue weighted by Crippen LogP contribution is 2.34. The number of aromatic nitrogens is 3. The summed E-state index contributed by atoms with van der Waals surface area (Å²) in [6, 6.07) is 8.68. The normalized spacial score (nSPS) is 12.5. The van der Waals surface area contributed by atoms with E-state index in [0.29, 0.717) is 34.9 Å². The Labute approximate surface area is 142 Å². The molecule has 0 aliphatic carbocycles. The molecule has 1 aromatic carbocycles. The first-order chi connectivity index (χ1) is 12.2. The van der Waals surface area contributed by atoms with Crippen LogP contribution in [0.3, 0.4) is 0 Å². The van der Waals surface area contributed by atoms with Gasteiger partial charge < -0.3 is 14.8 Å². The number of carbonyl (C=O) groups is 1. The largest absolute Gasteiger partial charge is 0.454 e. The van der Waals surface area contributed by atoms with Gasteiger partial charge in [-0.2, -0.15) is 0 Å². The maximum Gasteiger partial charge on any atom is 0.330 e. The Hall–Kier alpha value is -3.29. The molecule has 8 nitrogen and oxygen atoms in total. The van der Waals surface area contributed by atoms with Crippen LogP contribution in [0.5, 0.6) is 11.5 Å². The van der Waals surface area contributed by atoms with E-state index in [1.807, 2.05) is 6.92 Å². The van der Waals surface area contributed by atoms with E-state index in [1.54, 1.807) is 41.1 Å². The first kappa shape index (κ1) is 15.3. The Bertz CT molecular complexity index is 1020. The van der Waals surface area contributed by atoms with Crippen LogP contribution in [0.4, 0.5) is 5.69 Å². The monoisotopic (exact) mass is 340 g/mol. The van der Waals surface area contributed by atoms with Crippen molar-refractivity contribution in [3.05, 3.63) is 47.0 Å². The molecule has 4 rings (SSSR count). The maximum atomic E-state index is 12.5. The summed E-state index contributed by atoms with van der Waals surface area (Å²) in [5.74, 6) is 0.924. The molecule has 0 bridgehead atoms. The fraction of sp³-hybridized carbons (Fsp3) is 0.235. The third kappa shape index (κ3) is 2.61. The van der Waals surface area contributed by atoms with Crippen molar-refractivity contribution >= 4 is 22.8 Å². The summed E-state index contributed by atoms with van der Waals surface area (Å²) < 4.78 is 13.5. The minimum absolute atomic E-state index is 0.0948. The topological polar surface area (TPSA) is 87.4 Å². The van der Waals surface area contributed by atoms with Gasteiger partial charge in [0.05, 0.1) is 5.52 Å². The molecule has 0 radical (unpaired) electrons. The van der Waals surface area contributed by atoms with Crippen molar-refractivity contribution in [3.8, 4) is 11.5 Å². The third-order valence-electron chi connectivity index (χ3n) is 4.05. The van der Waals surface area contributed by atoms with Gasteiger partial charge in [0.25, 0.3) is 0 Å². The van der Waals surface area contributed by atoms with Gasteiger partial charge in [-0.3, -0.25) is 13.9 Å². The minimum Gasteiger partial charge on any atom is -0.454 e. The standard InChI is InChI=1S/C17H16N4O4/c1-2-20-16-12(4-3-7-18-16)21(17(20)23)9-15(22)19-11-5-6-13-14(8-11)25-10-24-13/h3-8H,2,9-10H2,1H3,(H,19,22). The Morgan fingerprint density at radius 1 is 1.24 bits per heavy atom. The zero-order chi connectivity index (χ0) is 17.4. The van der Waals surface area contributed by atoms with Gasteiger partial charge in [0.15, 0.2) is 17.1 Å². The highest BCUT2D eigenvalue weighted by atomic mass is 16.7. The lowest BCUT2D eigenvalue weighted by Crippen LogP contribution is -2.29. The SMILES string of the molecule is CCn1c(=O)n(CC(=O)Nc2ccc3c(c2)OCO3)c2cccnc21. The van der Waals surface area contributed by atoms with E-state index in [4.69, 9.17) is 9.47 Å². The zero-order valence-corrected chi connectivity index (χ0v) is 13.6. The molecule has 0 atom stereocenters. The van der Waals surface area contributed by atoms with Crippen LogP contribution < -0.4 is 20.5 Å². The number of anilines is 1. The highest BCUT2D eigenvalue weighted by Gasteiger charge is 2.17. The number of hydrogen-bond acceptors (Lipinski definition) is 5. The number of hydrogen-bond donors (Lipinski definition) is 1. The van der Waals surface area contributed by atoms with Gasteiger partial charge in [-0.05, 0) is 31.2 Å². The average molecular weight is 340 g/mol.